The number of hydrogen-bond acceptors (Lipinski definition) is 2. The first-order valence-corrected chi connectivity index (χ1v) is 7.62. The number of amides is 1. The van der Waals surface area contributed by atoms with Crippen LogP contribution in [0, 0.1) is 13.8 Å². The Labute approximate surface area is 131 Å². The van der Waals surface area contributed by atoms with Crippen molar-refractivity contribution in [3.05, 3.63) is 64.2 Å². The standard InChI is InChI=1S/C19H21NO2/c1-13-7-8-15(11-14(13)2)12-22-18-6-4-5-17-16(18)9-10-20(3)19(17)21/h4-8,11H,9-10,12H2,1-3H3. The van der Waals surface area contributed by atoms with E-state index in [-0.39, 0.29) is 5.91 Å². The van der Waals surface area contributed by atoms with Gasteiger partial charge in [-0.3, -0.25) is 4.79 Å². The van der Waals surface area contributed by atoms with Gasteiger partial charge in [-0.15, -0.1) is 0 Å². The quantitative estimate of drug-likeness (QED) is 0.867. The van der Waals surface area contributed by atoms with Gasteiger partial charge in [-0.05, 0) is 49.1 Å². The van der Waals surface area contributed by atoms with Gasteiger partial charge in [0.1, 0.15) is 12.4 Å². The van der Waals surface area contributed by atoms with Crippen LogP contribution in [0.3, 0.4) is 0 Å². The van der Waals surface area contributed by atoms with Crippen molar-refractivity contribution in [1.82, 2.24) is 4.90 Å². The highest BCUT2D eigenvalue weighted by atomic mass is 16.5. The Hall–Kier alpha value is -2.29. The summed E-state index contributed by atoms with van der Waals surface area (Å²) in [5, 5.41) is 0. The fourth-order valence-corrected chi connectivity index (χ4v) is 2.80. The van der Waals surface area contributed by atoms with Gasteiger partial charge in [-0.2, -0.15) is 0 Å². The van der Waals surface area contributed by atoms with E-state index in [0.29, 0.717) is 6.61 Å². The van der Waals surface area contributed by atoms with Crippen LogP contribution >= 0.6 is 0 Å². The Bertz CT molecular complexity index is 721. The maximum absolute atomic E-state index is 12.2. The van der Waals surface area contributed by atoms with Crippen LogP contribution in [0.2, 0.25) is 0 Å². The average Bonchev–Trinajstić information content (AvgIpc) is 2.52. The van der Waals surface area contributed by atoms with Gasteiger partial charge < -0.3 is 9.64 Å². The second-order valence-electron chi connectivity index (χ2n) is 5.97. The first kappa shape index (κ1) is 14.6. The van der Waals surface area contributed by atoms with Gasteiger partial charge >= 0.3 is 0 Å². The Balaban J connectivity index is 1.81. The van der Waals surface area contributed by atoms with Crippen LogP contribution in [-0.2, 0) is 13.0 Å². The molecule has 3 heteroatoms. The molecule has 1 heterocycles. The van der Waals surface area contributed by atoms with E-state index in [2.05, 4.69) is 32.0 Å². The summed E-state index contributed by atoms with van der Waals surface area (Å²) in [6.45, 7) is 5.49. The first-order valence-electron chi connectivity index (χ1n) is 7.62. The van der Waals surface area contributed by atoms with Gasteiger partial charge in [0.2, 0.25) is 0 Å². The van der Waals surface area contributed by atoms with E-state index in [1.54, 1.807) is 4.90 Å². The lowest BCUT2D eigenvalue weighted by Crippen LogP contribution is -2.34. The summed E-state index contributed by atoms with van der Waals surface area (Å²) >= 11 is 0. The van der Waals surface area contributed by atoms with E-state index in [4.69, 9.17) is 4.74 Å². The molecule has 2 aromatic carbocycles. The molecule has 22 heavy (non-hydrogen) atoms. The van der Waals surface area contributed by atoms with Gasteiger partial charge in [-0.1, -0.05) is 24.3 Å². The lowest BCUT2D eigenvalue weighted by molar-refractivity contribution is 0.0779. The molecule has 3 nitrogen and oxygen atoms in total. The average molecular weight is 295 g/mol. The van der Waals surface area contributed by atoms with Crippen molar-refractivity contribution in [2.75, 3.05) is 13.6 Å². The minimum atomic E-state index is 0.0814. The number of likely N-dealkylation sites (N-methyl/N-ethyl adjacent to an activating group) is 1. The summed E-state index contributed by atoms with van der Waals surface area (Å²) in [5.41, 5.74) is 5.52. The third-order valence-electron chi connectivity index (χ3n) is 4.37. The normalized spacial score (nSPS) is 14.0. The summed E-state index contributed by atoms with van der Waals surface area (Å²) in [4.78, 5) is 14.0. The SMILES string of the molecule is Cc1ccc(COc2cccc3c2CCN(C)C3=O)cc1C. The Morgan fingerprint density at radius 2 is 1.95 bits per heavy atom. The van der Waals surface area contributed by atoms with Crippen molar-refractivity contribution >= 4 is 5.91 Å². The number of hydrogen-bond donors (Lipinski definition) is 0. The zero-order valence-electron chi connectivity index (χ0n) is 13.3. The number of carbonyl (C=O) groups is 1. The van der Waals surface area contributed by atoms with Crippen LogP contribution < -0.4 is 4.74 Å². The van der Waals surface area contributed by atoms with Crippen LogP contribution in [0.4, 0.5) is 0 Å². The molecule has 0 aromatic heterocycles. The summed E-state index contributed by atoms with van der Waals surface area (Å²) < 4.78 is 6.00. The summed E-state index contributed by atoms with van der Waals surface area (Å²) in [5.74, 6) is 0.912. The number of fused-ring (bicyclic) bond motifs is 1. The smallest absolute Gasteiger partial charge is 0.254 e. The minimum absolute atomic E-state index is 0.0814. The van der Waals surface area contributed by atoms with Gasteiger partial charge in [-0.25, -0.2) is 0 Å². The molecule has 0 N–H and O–H groups in total. The maximum atomic E-state index is 12.2. The molecule has 0 radical (unpaired) electrons. The highest BCUT2D eigenvalue weighted by molar-refractivity contribution is 5.97. The molecule has 1 aliphatic heterocycles. The Morgan fingerprint density at radius 1 is 1.14 bits per heavy atom. The van der Waals surface area contributed by atoms with Gasteiger partial charge in [0, 0.05) is 24.7 Å². The second kappa shape index (κ2) is 5.84. The molecular weight excluding hydrogens is 274 g/mol. The third-order valence-corrected chi connectivity index (χ3v) is 4.37. The molecule has 1 aliphatic rings. The largest absolute Gasteiger partial charge is 0.489 e. The van der Waals surface area contributed by atoms with Crippen molar-refractivity contribution in [2.24, 2.45) is 0 Å². The lowest BCUT2D eigenvalue weighted by atomic mass is 9.98. The highest BCUT2D eigenvalue weighted by Gasteiger charge is 2.23. The number of nitrogens with zero attached hydrogens (tertiary/aromatic N) is 1. The molecule has 0 unspecified atom stereocenters. The van der Waals surface area contributed by atoms with Crippen molar-refractivity contribution in [1.29, 1.82) is 0 Å². The molecule has 0 spiro atoms. The molecule has 3 rings (SSSR count). The number of aryl methyl sites for hydroxylation is 2. The van der Waals surface area contributed by atoms with Crippen LogP contribution in [0.5, 0.6) is 5.75 Å². The second-order valence-corrected chi connectivity index (χ2v) is 5.97. The monoisotopic (exact) mass is 295 g/mol. The van der Waals surface area contributed by atoms with Crippen LogP contribution in [0.25, 0.3) is 0 Å². The minimum Gasteiger partial charge on any atom is -0.489 e. The van der Waals surface area contributed by atoms with Crippen molar-refractivity contribution in [2.45, 2.75) is 26.9 Å². The van der Waals surface area contributed by atoms with Crippen LogP contribution in [0.15, 0.2) is 36.4 Å². The maximum Gasteiger partial charge on any atom is 0.254 e. The van der Waals surface area contributed by atoms with E-state index in [1.807, 2.05) is 25.2 Å². The summed E-state index contributed by atoms with van der Waals surface area (Å²) in [6, 6.07) is 12.1. The van der Waals surface area contributed by atoms with Crippen LogP contribution in [0.1, 0.15) is 32.6 Å². The molecule has 0 saturated heterocycles. The molecule has 0 bridgehead atoms. The van der Waals surface area contributed by atoms with E-state index in [0.717, 1.165) is 35.4 Å². The number of benzene rings is 2. The first-order chi connectivity index (χ1) is 10.6. The Morgan fingerprint density at radius 3 is 2.73 bits per heavy atom. The van der Waals surface area contributed by atoms with Gasteiger partial charge in [0.05, 0.1) is 0 Å². The molecule has 114 valence electrons. The molecular formula is C19H21NO2. The van der Waals surface area contributed by atoms with Crippen molar-refractivity contribution in [3.63, 3.8) is 0 Å². The third kappa shape index (κ3) is 2.71. The highest BCUT2D eigenvalue weighted by Crippen LogP contribution is 2.28. The van der Waals surface area contributed by atoms with E-state index >= 15 is 0 Å². The Kier molecular flexibility index (Phi) is 3.88. The zero-order valence-corrected chi connectivity index (χ0v) is 13.3. The summed E-state index contributed by atoms with van der Waals surface area (Å²) in [7, 11) is 1.84. The molecule has 0 atom stereocenters. The fraction of sp³-hybridized carbons (Fsp3) is 0.316. The lowest BCUT2D eigenvalue weighted by Gasteiger charge is -2.26. The number of carbonyl (C=O) groups excluding carboxylic acids is 1. The molecule has 2 aromatic rings. The van der Waals surface area contributed by atoms with E-state index in [9.17, 15) is 4.79 Å². The molecule has 0 fully saturated rings. The van der Waals surface area contributed by atoms with Crippen LogP contribution in [-0.4, -0.2) is 24.4 Å². The van der Waals surface area contributed by atoms with Crippen molar-refractivity contribution in [3.8, 4) is 5.75 Å². The number of ether oxygens (including phenoxy) is 1. The predicted molar refractivity (Wildman–Crippen MR) is 87.4 cm³/mol. The van der Waals surface area contributed by atoms with E-state index in [1.165, 1.54) is 11.1 Å². The summed E-state index contributed by atoms with van der Waals surface area (Å²) in [6.07, 6.45) is 0.848. The van der Waals surface area contributed by atoms with Gasteiger partial charge in [0.15, 0.2) is 0 Å². The fourth-order valence-electron chi connectivity index (χ4n) is 2.80. The van der Waals surface area contributed by atoms with Crippen molar-refractivity contribution < 1.29 is 9.53 Å². The number of rotatable bonds is 3. The van der Waals surface area contributed by atoms with E-state index < -0.39 is 0 Å². The molecule has 0 aliphatic carbocycles. The predicted octanol–water partition coefficient (Wildman–Crippen LogP) is 3.51. The zero-order chi connectivity index (χ0) is 15.7. The molecule has 1 amide bonds. The topological polar surface area (TPSA) is 29.5 Å². The molecule has 0 saturated carbocycles. The van der Waals surface area contributed by atoms with Gasteiger partial charge in [0.25, 0.3) is 5.91 Å².